The van der Waals surface area contributed by atoms with Crippen LogP contribution in [0.2, 0.25) is 0 Å². The van der Waals surface area contributed by atoms with E-state index in [2.05, 4.69) is 16.4 Å². The summed E-state index contributed by atoms with van der Waals surface area (Å²) in [7, 11) is 0. The SMILES string of the molecule is CCNc1c[c]ccn1. The highest BCUT2D eigenvalue weighted by molar-refractivity contribution is 5.31. The molecular formula is C7H9N2. The first-order valence-electron chi connectivity index (χ1n) is 2.99. The maximum atomic E-state index is 4.03. The Morgan fingerprint density at radius 2 is 2.67 bits per heavy atom. The predicted octanol–water partition coefficient (Wildman–Crippen LogP) is 1.31. The molecule has 0 atom stereocenters. The molecule has 47 valence electrons. The van der Waals surface area contributed by atoms with Crippen LogP contribution in [0.5, 0.6) is 0 Å². The second kappa shape index (κ2) is 3.07. The smallest absolute Gasteiger partial charge is 0.126 e. The number of hydrogen-bond donors (Lipinski definition) is 1. The van der Waals surface area contributed by atoms with Crippen molar-refractivity contribution in [2.24, 2.45) is 0 Å². The van der Waals surface area contributed by atoms with Gasteiger partial charge in [-0.25, -0.2) is 4.98 Å². The third-order valence-corrected chi connectivity index (χ3v) is 0.962. The second-order valence-corrected chi connectivity index (χ2v) is 1.67. The lowest BCUT2D eigenvalue weighted by Gasteiger charge is -1.97. The number of rotatable bonds is 2. The molecule has 1 N–H and O–H groups in total. The van der Waals surface area contributed by atoms with Crippen LogP contribution in [0.4, 0.5) is 5.82 Å². The summed E-state index contributed by atoms with van der Waals surface area (Å²) in [5, 5.41) is 3.07. The van der Waals surface area contributed by atoms with Crippen molar-refractivity contribution in [1.82, 2.24) is 4.98 Å². The van der Waals surface area contributed by atoms with E-state index in [1.165, 1.54) is 0 Å². The molecule has 1 radical (unpaired) electrons. The van der Waals surface area contributed by atoms with Crippen molar-refractivity contribution >= 4 is 5.82 Å². The Labute approximate surface area is 54.9 Å². The van der Waals surface area contributed by atoms with E-state index in [9.17, 15) is 0 Å². The first-order chi connectivity index (χ1) is 4.43. The quantitative estimate of drug-likeness (QED) is 0.638. The molecule has 1 heterocycles. The Bertz CT molecular complexity index is 160. The van der Waals surface area contributed by atoms with Gasteiger partial charge in [0.15, 0.2) is 0 Å². The Morgan fingerprint density at radius 1 is 1.78 bits per heavy atom. The molecular weight excluding hydrogens is 112 g/mol. The number of nitrogens with zero attached hydrogens (tertiary/aromatic N) is 1. The summed E-state index contributed by atoms with van der Waals surface area (Å²) in [6, 6.07) is 6.52. The van der Waals surface area contributed by atoms with Crippen molar-refractivity contribution in [3.8, 4) is 0 Å². The maximum Gasteiger partial charge on any atom is 0.126 e. The standard InChI is InChI=1S/C7H9N2/c1-2-8-7-5-3-4-6-9-7/h4-6H,2H2,1H3,(H,8,9). The minimum Gasteiger partial charge on any atom is -0.370 e. The molecule has 1 aromatic heterocycles. The van der Waals surface area contributed by atoms with Gasteiger partial charge in [-0.05, 0) is 25.1 Å². The van der Waals surface area contributed by atoms with Gasteiger partial charge in [-0.1, -0.05) is 0 Å². The Morgan fingerprint density at radius 3 is 3.22 bits per heavy atom. The number of aromatic nitrogens is 1. The Kier molecular flexibility index (Phi) is 2.07. The normalized spacial score (nSPS) is 9.00. The highest BCUT2D eigenvalue weighted by Gasteiger charge is 1.83. The maximum absolute atomic E-state index is 4.03. The van der Waals surface area contributed by atoms with Crippen LogP contribution >= 0.6 is 0 Å². The minimum atomic E-state index is 0.889. The van der Waals surface area contributed by atoms with Gasteiger partial charge in [0.1, 0.15) is 5.82 Å². The van der Waals surface area contributed by atoms with Gasteiger partial charge in [-0.15, -0.1) is 0 Å². The molecule has 0 spiro atoms. The first kappa shape index (κ1) is 6.08. The topological polar surface area (TPSA) is 24.9 Å². The summed E-state index contributed by atoms with van der Waals surface area (Å²) in [6.45, 7) is 2.94. The lowest BCUT2D eigenvalue weighted by molar-refractivity contribution is 1.16. The molecule has 0 aliphatic heterocycles. The molecule has 0 saturated carbocycles. The third-order valence-electron chi connectivity index (χ3n) is 0.962. The molecule has 2 heteroatoms. The molecule has 1 rings (SSSR count). The Hall–Kier alpha value is -1.05. The Balaban J connectivity index is 2.61. The summed E-state index contributed by atoms with van der Waals surface area (Å²) in [4.78, 5) is 4.03. The van der Waals surface area contributed by atoms with Crippen molar-refractivity contribution in [2.45, 2.75) is 6.92 Å². The molecule has 2 nitrogen and oxygen atoms in total. The zero-order chi connectivity index (χ0) is 6.53. The highest BCUT2D eigenvalue weighted by Crippen LogP contribution is 1.96. The van der Waals surface area contributed by atoms with Gasteiger partial charge in [-0.3, -0.25) is 0 Å². The van der Waals surface area contributed by atoms with Crippen LogP contribution < -0.4 is 5.32 Å². The van der Waals surface area contributed by atoms with Crippen LogP contribution in [0.25, 0.3) is 0 Å². The van der Waals surface area contributed by atoms with Gasteiger partial charge >= 0.3 is 0 Å². The van der Waals surface area contributed by atoms with Crippen LogP contribution in [0.1, 0.15) is 6.92 Å². The van der Waals surface area contributed by atoms with E-state index in [1.54, 1.807) is 12.3 Å². The van der Waals surface area contributed by atoms with E-state index in [0.29, 0.717) is 0 Å². The van der Waals surface area contributed by atoms with Gasteiger partial charge in [0.2, 0.25) is 0 Å². The number of nitrogens with one attached hydrogen (secondary N) is 1. The molecule has 0 fully saturated rings. The fourth-order valence-electron chi connectivity index (χ4n) is 0.603. The average molecular weight is 121 g/mol. The van der Waals surface area contributed by atoms with Crippen LogP contribution in [0, 0.1) is 6.07 Å². The van der Waals surface area contributed by atoms with Crippen LogP contribution in [-0.2, 0) is 0 Å². The molecule has 1 aromatic rings. The first-order valence-corrected chi connectivity index (χ1v) is 2.99. The summed E-state index contributed by atoms with van der Waals surface area (Å²) >= 11 is 0. The van der Waals surface area contributed by atoms with Crippen LogP contribution in [0.3, 0.4) is 0 Å². The summed E-state index contributed by atoms with van der Waals surface area (Å²) < 4.78 is 0. The molecule has 0 unspecified atom stereocenters. The average Bonchev–Trinajstić information content (AvgIpc) is 1.91. The molecule has 0 saturated heterocycles. The minimum absolute atomic E-state index is 0.889. The van der Waals surface area contributed by atoms with E-state index in [4.69, 9.17) is 0 Å². The van der Waals surface area contributed by atoms with Crippen molar-refractivity contribution < 1.29 is 0 Å². The predicted molar refractivity (Wildman–Crippen MR) is 37.2 cm³/mol. The van der Waals surface area contributed by atoms with Gasteiger partial charge in [0, 0.05) is 12.7 Å². The number of anilines is 1. The lowest BCUT2D eigenvalue weighted by atomic mass is 10.5. The van der Waals surface area contributed by atoms with Crippen molar-refractivity contribution in [2.75, 3.05) is 11.9 Å². The molecule has 0 aromatic carbocycles. The molecule has 9 heavy (non-hydrogen) atoms. The molecule has 0 aliphatic rings. The molecule has 0 amide bonds. The van der Waals surface area contributed by atoms with E-state index < -0.39 is 0 Å². The zero-order valence-electron chi connectivity index (χ0n) is 5.39. The van der Waals surface area contributed by atoms with E-state index in [0.717, 1.165) is 12.4 Å². The van der Waals surface area contributed by atoms with E-state index in [-0.39, 0.29) is 0 Å². The number of pyridine rings is 1. The van der Waals surface area contributed by atoms with Crippen LogP contribution in [0.15, 0.2) is 18.3 Å². The fourth-order valence-corrected chi connectivity index (χ4v) is 0.603. The van der Waals surface area contributed by atoms with Gasteiger partial charge in [0.25, 0.3) is 0 Å². The van der Waals surface area contributed by atoms with Gasteiger partial charge < -0.3 is 5.32 Å². The van der Waals surface area contributed by atoms with E-state index >= 15 is 0 Å². The summed E-state index contributed by atoms with van der Waals surface area (Å²) in [5.41, 5.74) is 0. The third kappa shape index (κ3) is 1.72. The van der Waals surface area contributed by atoms with E-state index in [1.807, 2.05) is 13.0 Å². The zero-order valence-corrected chi connectivity index (χ0v) is 5.39. The van der Waals surface area contributed by atoms with Crippen LogP contribution in [-0.4, -0.2) is 11.5 Å². The second-order valence-electron chi connectivity index (χ2n) is 1.67. The monoisotopic (exact) mass is 121 g/mol. The van der Waals surface area contributed by atoms with Crippen molar-refractivity contribution in [1.29, 1.82) is 0 Å². The summed E-state index contributed by atoms with van der Waals surface area (Å²) in [5.74, 6) is 0.889. The van der Waals surface area contributed by atoms with Gasteiger partial charge in [-0.2, -0.15) is 0 Å². The molecule has 0 bridgehead atoms. The fraction of sp³-hybridized carbons (Fsp3) is 0.286. The highest BCUT2D eigenvalue weighted by atomic mass is 15.0. The molecule has 0 aliphatic carbocycles. The largest absolute Gasteiger partial charge is 0.370 e. The van der Waals surface area contributed by atoms with Gasteiger partial charge in [0.05, 0.1) is 0 Å². The number of hydrogen-bond acceptors (Lipinski definition) is 2. The van der Waals surface area contributed by atoms with Crippen molar-refractivity contribution in [3.63, 3.8) is 0 Å². The van der Waals surface area contributed by atoms with Crippen molar-refractivity contribution in [3.05, 3.63) is 24.4 Å². The summed E-state index contributed by atoms with van der Waals surface area (Å²) in [6.07, 6.45) is 1.72. The lowest BCUT2D eigenvalue weighted by Crippen LogP contribution is -1.97.